The molecule has 0 fully saturated rings. The first-order valence-electron chi connectivity index (χ1n) is 8.12. The van der Waals surface area contributed by atoms with Crippen LogP contribution in [0.25, 0.3) is 0 Å². The van der Waals surface area contributed by atoms with Gasteiger partial charge in [-0.05, 0) is 37.3 Å². The van der Waals surface area contributed by atoms with Gasteiger partial charge in [0.25, 0.3) is 0 Å². The summed E-state index contributed by atoms with van der Waals surface area (Å²) in [5, 5.41) is 5.84. The third-order valence-corrected chi connectivity index (χ3v) is 4.65. The maximum Gasteiger partial charge on any atom is 0.00704 e. The minimum absolute atomic E-state index is 0.721. The van der Waals surface area contributed by atoms with Crippen LogP contribution >= 0.6 is 11.3 Å². The topological polar surface area (TPSA) is 12.0 Å². The normalized spacial score (nSPS) is 12.7. The van der Waals surface area contributed by atoms with Crippen LogP contribution in [0.3, 0.4) is 0 Å². The van der Waals surface area contributed by atoms with E-state index in [1.807, 2.05) is 11.3 Å². The van der Waals surface area contributed by atoms with E-state index in [-0.39, 0.29) is 0 Å². The lowest BCUT2D eigenvalue weighted by Gasteiger charge is -2.17. The van der Waals surface area contributed by atoms with E-state index >= 15 is 0 Å². The number of hydrogen-bond donors (Lipinski definition) is 1. The van der Waals surface area contributed by atoms with Gasteiger partial charge in [-0.2, -0.15) is 0 Å². The first-order chi connectivity index (χ1) is 9.36. The van der Waals surface area contributed by atoms with Gasteiger partial charge < -0.3 is 5.32 Å². The summed E-state index contributed by atoms with van der Waals surface area (Å²) in [6.45, 7) is 5.61. The molecule has 1 rings (SSSR count). The van der Waals surface area contributed by atoms with Crippen LogP contribution in [0, 0.1) is 0 Å². The van der Waals surface area contributed by atoms with Gasteiger partial charge in [-0.1, -0.05) is 58.4 Å². The van der Waals surface area contributed by atoms with Gasteiger partial charge in [-0.25, -0.2) is 0 Å². The Morgan fingerprint density at radius 2 is 1.84 bits per heavy atom. The van der Waals surface area contributed by atoms with Gasteiger partial charge in [0.05, 0.1) is 0 Å². The van der Waals surface area contributed by atoms with Crippen LogP contribution in [0.5, 0.6) is 0 Å². The summed E-state index contributed by atoms with van der Waals surface area (Å²) in [5.74, 6) is 0. The lowest BCUT2D eigenvalue weighted by Crippen LogP contribution is -2.29. The molecule has 2 heteroatoms. The van der Waals surface area contributed by atoms with E-state index in [0.717, 1.165) is 12.6 Å². The zero-order chi connectivity index (χ0) is 13.8. The summed E-state index contributed by atoms with van der Waals surface area (Å²) in [5.41, 5.74) is 0. The highest BCUT2D eigenvalue weighted by atomic mass is 32.1. The number of thiophene rings is 1. The van der Waals surface area contributed by atoms with Crippen molar-refractivity contribution in [3.63, 3.8) is 0 Å². The van der Waals surface area contributed by atoms with E-state index < -0.39 is 0 Å². The molecule has 1 aromatic heterocycles. The molecule has 1 unspecified atom stereocenters. The summed E-state index contributed by atoms with van der Waals surface area (Å²) >= 11 is 1.89. The molecule has 1 aromatic rings. The summed E-state index contributed by atoms with van der Waals surface area (Å²) in [6, 6.07) is 5.15. The molecule has 0 amide bonds. The highest BCUT2D eigenvalue weighted by Crippen LogP contribution is 2.15. The summed E-state index contributed by atoms with van der Waals surface area (Å²) in [7, 11) is 0. The maximum atomic E-state index is 3.65. The van der Waals surface area contributed by atoms with Crippen molar-refractivity contribution in [1.82, 2.24) is 5.32 Å². The Labute approximate surface area is 123 Å². The number of hydrogen-bond acceptors (Lipinski definition) is 2. The Morgan fingerprint density at radius 3 is 2.53 bits per heavy atom. The molecule has 0 radical (unpaired) electrons. The van der Waals surface area contributed by atoms with E-state index in [1.165, 1.54) is 62.7 Å². The third-order valence-electron chi connectivity index (χ3n) is 3.72. The van der Waals surface area contributed by atoms with E-state index in [2.05, 4.69) is 36.7 Å². The van der Waals surface area contributed by atoms with Gasteiger partial charge in [0, 0.05) is 10.9 Å². The van der Waals surface area contributed by atoms with E-state index in [9.17, 15) is 0 Å². The molecule has 0 saturated carbocycles. The van der Waals surface area contributed by atoms with Crippen LogP contribution in [0.4, 0.5) is 0 Å². The van der Waals surface area contributed by atoms with Crippen LogP contribution in [0.15, 0.2) is 17.5 Å². The van der Waals surface area contributed by atoms with Crippen molar-refractivity contribution in [1.29, 1.82) is 0 Å². The average Bonchev–Trinajstić information content (AvgIpc) is 2.93. The molecule has 1 atom stereocenters. The summed E-state index contributed by atoms with van der Waals surface area (Å²) in [4.78, 5) is 1.53. The zero-order valence-electron chi connectivity index (χ0n) is 12.8. The Bertz CT molecular complexity index is 281. The molecule has 0 aromatic carbocycles. The van der Waals surface area contributed by atoms with Gasteiger partial charge in [0.2, 0.25) is 0 Å². The minimum atomic E-state index is 0.721. The molecule has 1 heterocycles. The highest BCUT2D eigenvalue weighted by Gasteiger charge is 2.07. The Balaban J connectivity index is 2.10. The van der Waals surface area contributed by atoms with E-state index in [0.29, 0.717) is 0 Å². The van der Waals surface area contributed by atoms with Crippen LogP contribution in [-0.4, -0.2) is 12.6 Å². The smallest absolute Gasteiger partial charge is 0.00704 e. The zero-order valence-corrected chi connectivity index (χ0v) is 13.6. The second kappa shape index (κ2) is 11.5. The van der Waals surface area contributed by atoms with Crippen LogP contribution < -0.4 is 5.32 Å². The fourth-order valence-corrected chi connectivity index (χ4v) is 3.30. The fourth-order valence-electron chi connectivity index (χ4n) is 2.58. The van der Waals surface area contributed by atoms with Crippen molar-refractivity contribution in [2.45, 2.75) is 77.7 Å². The Hall–Kier alpha value is -0.340. The SMILES string of the molecule is CCCCCCCCC(CCc1cccs1)NCC. The van der Waals surface area contributed by atoms with Crippen molar-refractivity contribution in [3.05, 3.63) is 22.4 Å². The number of aryl methyl sites for hydroxylation is 1. The molecular formula is C17H31NS. The summed E-state index contributed by atoms with van der Waals surface area (Å²) < 4.78 is 0. The van der Waals surface area contributed by atoms with Gasteiger partial charge in [-0.15, -0.1) is 11.3 Å². The molecule has 19 heavy (non-hydrogen) atoms. The van der Waals surface area contributed by atoms with Crippen LogP contribution in [0.2, 0.25) is 0 Å². The maximum absolute atomic E-state index is 3.65. The standard InChI is InChI=1S/C17H31NS/c1-3-5-6-7-8-9-11-16(18-4-2)13-14-17-12-10-15-19-17/h10,12,15-16,18H,3-9,11,13-14H2,1-2H3. The van der Waals surface area contributed by atoms with Crippen molar-refractivity contribution in [2.24, 2.45) is 0 Å². The van der Waals surface area contributed by atoms with E-state index in [4.69, 9.17) is 0 Å². The van der Waals surface area contributed by atoms with Crippen molar-refractivity contribution < 1.29 is 0 Å². The number of nitrogens with one attached hydrogen (secondary N) is 1. The molecule has 110 valence electrons. The van der Waals surface area contributed by atoms with Gasteiger partial charge in [0.1, 0.15) is 0 Å². The van der Waals surface area contributed by atoms with Crippen molar-refractivity contribution in [3.8, 4) is 0 Å². The molecule has 0 saturated heterocycles. The largest absolute Gasteiger partial charge is 0.314 e. The van der Waals surface area contributed by atoms with Crippen molar-refractivity contribution >= 4 is 11.3 Å². The monoisotopic (exact) mass is 281 g/mol. The second-order valence-electron chi connectivity index (χ2n) is 5.43. The first kappa shape index (κ1) is 16.7. The molecule has 0 spiro atoms. The molecular weight excluding hydrogens is 250 g/mol. The molecule has 0 aliphatic rings. The summed E-state index contributed by atoms with van der Waals surface area (Å²) in [6.07, 6.45) is 12.3. The molecule has 1 nitrogen and oxygen atoms in total. The number of unbranched alkanes of at least 4 members (excludes halogenated alkanes) is 5. The first-order valence-corrected chi connectivity index (χ1v) is 9.00. The van der Waals surface area contributed by atoms with E-state index in [1.54, 1.807) is 0 Å². The third kappa shape index (κ3) is 8.43. The fraction of sp³-hybridized carbons (Fsp3) is 0.765. The van der Waals surface area contributed by atoms with Crippen LogP contribution in [-0.2, 0) is 6.42 Å². The predicted octanol–water partition coefficient (Wildman–Crippen LogP) is 5.41. The lowest BCUT2D eigenvalue weighted by atomic mass is 10.0. The lowest BCUT2D eigenvalue weighted by molar-refractivity contribution is 0.440. The molecule has 0 aliphatic heterocycles. The van der Waals surface area contributed by atoms with Crippen molar-refractivity contribution in [2.75, 3.05) is 6.54 Å². The average molecular weight is 282 g/mol. The predicted molar refractivity (Wildman–Crippen MR) is 88.1 cm³/mol. The Kier molecular flexibility index (Phi) is 10.1. The quantitative estimate of drug-likeness (QED) is 0.505. The number of rotatable bonds is 12. The van der Waals surface area contributed by atoms with Gasteiger partial charge >= 0.3 is 0 Å². The second-order valence-corrected chi connectivity index (χ2v) is 6.46. The highest BCUT2D eigenvalue weighted by molar-refractivity contribution is 7.09. The minimum Gasteiger partial charge on any atom is -0.314 e. The van der Waals surface area contributed by atoms with Gasteiger partial charge in [0.15, 0.2) is 0 Å². The Morgan fingerprint density at radius 1 is 1.05 bits per heavy atom. The van der Waals surface area contributed by atoms with Crippen LogP contribution in [0.1, 0.15) is 70.1 Å². The molecule has 0 bridgehead atoms. The van der Waals surface area contributed by atoms with Gasteiger partial charge in [-0.3, -0.25) is 0 Å². The molecule has 0 aliphatic carbocycles. The molecule has 1 N–H and O–H groups in total.